The molecule has 0 saturated heterocycles. The lowest BCUT2D eigenvalue weighted by Crippen LogP contribution is -2.10. The minimum atomic E-state index is 0.378. The van der Waals surface area contributed by atoms with Gasteiger partial charge in [0, 0.05) is 5.56 Å². The summed E-state index contributed by atoms with van der Waals surface area (Å²) in [7, 11) is 0. The number of aryl methyl sites for hydroxylation is 2. The topological polar surface area (TPSA) is 46.3 Å². The molecule has 182 valence electrons. The Kier molecular flexibility index (Phi) is 8.75. The lowest BCUT2D eigenvalue weighted by molar-refractivity contribution is 0.330. The first kappa shape index (κ1) is 26.1. The Morgan fingerprint density at radius 1 is 0.629 bits per heavy atom. The standard InChI is InChI=1S/C31H37N3O/c1-20(2)27-18-13-19-28(21(3)4)30(27)32-24(7)25(8)34-35-31(26-16-10-9-11-17-26)33-29-22(5)14-12-15-23(29)6/h9-21H,1-8H3. The van der Waals surface area contributed by atoms with Gasteiger partial charge in [0.05, 0.1) is 22.8 Å². The van der Waals surface area contributed by atoms with Crippen molar-refractivity contribution < 1.29 is 4.84 Å². The van der Waals surface area contributed by atoms with Crippen LogP contribution in [0.4, 0.5) is 11.4 Å². The Morgan fingerprint density at radius 3 is 1.71 bits per heavy atom. The monoisotopic (exact) mass is 467 g/mol. The molecule has 0 spiro atoms. The number of nitrogens with zero attached hydrogens (tertiary/aromatic N) is 3. The predicted molar refractivity (Wildman–Crippen MR) is 150 cm³/mol. The van der Waals surface area contributed by atoms with E-state index in [0.29, 0.717) is 23.4 Å². The van der Waals surface area contributed by atoms with Crippen LogP contribution < -0.4 is 0 Å². The number of oxime groups is 1. The third-order valence-corrected chi connectivity index (χ3v) is 6.09. The van der Waals surface area contributed by atoms with Gasteiger partial charge < -0.3 is 4.84 Å². The van der Waals surface area contributed by atoms with Gasteiger partial charge in [0.2, 0.25) is 0 Å². The van der Waals surface area contributed by atoms with Crippen molar-refractivity contribution in [3.05, 3.63) is 94.5 Å². The van der Waals surface area contributed by atoms with Crippen LogP contribution in [0.3, 0.4) is 0 Å². The molecule has 0 aromatic heterocycles. The molecule has 3 aromatic carbocycles. The summed E-state index contributed by atoms with van der Waals surface area (Å²) in [6, 6.07) is 22.5. The molecule has 0 saturated carbocycles. The van der Waals surface area contributed by atoms with Gasteiger partial charge in [-0.2, -0.15) is 0 Å². The van der Waals surface area contributed by atoms with E-state index in [2.05, 4.69) is 77.0 Å². The molecule has 3 rings (SSSR count). The van der Waals surface area contributed by atoms with E-state index in [0.717, 1.165) is 33.8 Å². The van der Waals surface area contributed by atoms with E-state index in [4.69, 9.17) is 14.8 Å². The fraction of sp³-hybridized carbons (Fsp3) is 0.323. The van der Waals surface area contributed by atoms with Crippen LogP contribution in [0.1, 0.15) is 81.2 Å². The van der Waals surface area contributed by atoms with Crippen molar-refractivity contribution in [2.45, 2.75) is 67.2 Å². The van der Waals surface area contributed by atoms with Crippen LogP contribution in [0.5, 0.6) is 0 Å². The molecule has 0 amide bonds. The van der Waals surface area contributed by atoms with Crippen LogP contribution in [0, 0.1) is 13.8 Å². The summed E-state index contributed by atoms with van der Waals surface area (Å²) < 4.78 is 0. The quantitative estimate of drug-likeness (QED) is 0.194. The maximum Gasteiger partial charge on any atom is 0.256 e. The van der Waals surface area contributed by atoms with Crippen LogP contribution in [0.25, 0.3) is 0 Å². The highest BCUT2D eigenvalue weighted by Crippen LogP contribution is 2.35. The maximum atomic E-state index is 5.98. The molecule has 0 atom stereocenters. The van der Waals surface area contributed by atoms with Crippen molar-refractivity contribution in [2.75, 3.05) is 0 Å². The van der Waals surface area contributed by atoms with E-state index in [9.17, 15) is 0 Å². The van der Waals surface area contributed by atoms with Gasteiger partial charge in [0.15, 0.2) is 0 Å². The highest BCUT2D eigenvalue weighted by molar-refractivity contribution is 6.41. The number of benzene rings is 3. The van der Waals surface area contributed by atoms with Gasteiger partial charge in [-0.3, -0.25) is 4.99 Å². The lowest BCUT2D eigenvalue weighted by Gasteiger charge is -2.17. The smallest absolute Gasteiger partial charge is 0.256 e. The Morgan fingerprint density at radius 2 is 1.17 bits per heavy atom. The van der Waals surface area contributed by atoms with Gasteiger partial charge in [-0.25, -0.2) is 4.99 Å². The molecule has 0 aliphatic carbocycles. The molecular weight excluding hydrogens is 430 g/mol. The second-order valence-electron chi connectivity index (χ2n) is 9.58. The van der Waals surface area contributed by atoms with Gasteiger partial charge in [-0.1, -0.05) is 87.4 Å². The van der Waals surface area contributed by atoms with Gasteiger partial charge in [0.1, 0.15) is 0 Å². The molecule has 0 fully saturated rings. The van der Waals surface area contributed by atoms with Crippen molar-refractivity contribution >= 4 is 28.7 Å². The lowest BCUT2D eigenvalue weighted by atomic mass is 9.93. The SMILES string of the molecule is CC(=NOC(=Nc1c(C)cccc1C)c1ccccc1)C(C)=Nc1c(C(C)C)cccc1C(C)C. The van der Waals surface area contributed by atoms with E-state index < -0.39 is 0 Å². The van der Waals surface area contributed by atoms with E-state index in [1.54, 1.807) is 0 Å². The van der Waals surface area contributed by atoms with Crippen LogP contribution in [-0.2, 0) is 4.84 Å². The van der Waals surface area contributed by atoms with Crippen LogP contribution in [0.2, 0.25) is 0 Å². The second kappa shape index (κ2) is 11.7. The number of hydrogen-bond donors (Lipinski definition) is 0. The highest BCUT2D eigenvalue weighted by atomic mass is 16.6. The van der Waals surface area contributed by atoms with Crippen LogP contribution >= 0.6 is 0 Å². The Bertz CT molecular complexity index is 1200. The number of aliphatic imine (C=N–C) groups is 2. The molecule has 4 heteroatoms. The molecular formula is C31H37N3O. The molecule has 0 N–H and O–H groups in total. The summed E-state index contributed by atoms with van der Waals surface area (Å²) in [5.41, 5.74) is 9.00. The van der Waals surface area contributed by atoms with E-state index >= 15 is 0 Å². The molecule has 0 radical (unpaired) electrons. The zero-order valence-corrected chi connectivity index (χ0v) is 22.3. The fourth-order valence-corrected chi connectivity index (χ4v) is 3.87. The van der Waals surface area contributed by atoms with Gasteiger partial charge in [0.25, 0.3) is 5.90 Å². The van der Waals surface area contributed by atoms with Crippen molar-refractivity contribution in [3.63, 3.8) is 0 Å². The fourth-order valence-electron chi connectivity index (χ4n) is 3.87. The van der Waals surface area contributed by atoms with Crippen molar-refractivity contribution in [2.24, 2.45) is 15.1 Å². The normalized spacial score (nSPS) is 13.0. The minimum absolute atomic E-state index is 0.378. The molecule has 0 heterocycles. The zero-order valence-electron chi connectivity index (χ0n) is 22.3. The van der Waals surface area contributed by atoms with Crippen LogP contribution in [0.15, 0.2) is 81.9 Å². The summed E-state index contributed by atoms with van der Waals surface area (Å²) in [6.45, 7) is 16.8. The summed E-state index contributed by atoms with van der Waals surface area (Å²) in [5.74, 6) is 1.21. The second-order valence-corrected chi connectivity index (χ2v) is 9.58. The molecule has 3 aromatic rings. The molecule has 0 unspecified atom stereocenters. The Labute approximate surface area is 210 Å². The van der Waals surface area contributed by atoms with Gasteiger partial charge >= 0.3 is 0 Å². The van der Waals surface area contributed by atoms with Crippen LogP contribution in [-0.4, -0.2) is 17.3 Å². The van der Waals surface area contributed by atoms with Crippen molar-refractivity contribution in [1.82, 2.24) is 0 Å². The van der Waals surface area contributed by atoms with E-state index in [-0.39, 0.29) is 0 Å². The van der Waals surface area contributed by atoms with Gasteiger partial charge in [-0.05, 0) is 73.9 Å². The molecule has 4 nitrogen and oxygen atoms in total. The number of rotatable bonds is 7. The largest absolute Gasteiger partial charge is 0.336 e. The van der Waals surface area contributed by atoms with Gasteiger partial charge in [-0.15, -0.1) is 0 Å². The Hall–Kier alpha value is -3.53. The first-order chi connectivity index (χ1) is 16.7. The third-order valence-electron chi connectivity index (χ3n) is 6.09. The summed E-state index contributed by atoms with van der Waals surface area (Å²) in [6.07, 6.45) is 0. The summed E-state index contributed by atoms with van der Waals surface area (Å²) >= 11 is 0. The minimum Gasteiger partial charge on any atom is -0.336 e. The van der Waals surface area contributed by atoms with E-state index in [1.807, 2.05) is 50.2 Å². The number of para-hydroxylation sites is 2. The van der Waals surface area contributed by atoms with Crippen molar-refractivity contribution in [1.29, 1.82) is 0 Å². The van der Waals surface area contributed by atoms with Crippen molar-refractivity contribution in [3.8, 4) is 0 Å². The first-order valence-corrected chi connectivity index (χ1v) is 12.3. The average molecular weight is 468 g/mol. The molecule has 0 aliphatic heterocycles. The third kappa shape index (κ3) is 6.54. The predicted octanol–water partition coefficient (Wildman–Crippen LogP) is 8.81. The highest BCUT2D eigenvalue weighted by Gasteiger charge is 2.14. The zero-order chi connectivity index (χ0) is 25.5. The molecule has 0 aliphatic rings. The molecule has 0 bridgehead atoms. The molecule has 35 heavy (non-hydrogen) atoms. The Balaban J connectivity index is 2.01. The average Bonchev–Trinajstić information content (AvgIpc) is 2.83. The first-order valence-electron chi connectivity index (χ1n) is 12.3. The maximum absolute atomic E-state index is 5.98. The van der Waals surface area contributed by atoms with E-state index in [1.165, 1.54) is 11.1 Å². The summed E-state index contributed by atoms with van der Waals surface area (Å²) in [4.78, 5) is 15.9. The number of hydrogen-bond acceptors (Lipinski definition) is 4. The summed E-state index contributed by atoms with van der Waals surface area (Å²) in [5, 5.41) is 4.46.